The Morgan fingerprint density at radius 1 is 1.37 bits per heavy atom. The number of nitrogens with zero attached hydrogens (tertiary/aromatic N) is 1. The number of benzene rings is 1. The Kier molecular flexibility index (Phi) is 4.97. The standard InChI is InChI=1S/C16H26N2O/c1-12-4-5-13(2)14(8-12)11-18-7-6-16(19-3)9-15(18)10-17/h4-5,8,15-16H,6-7,9-11,17H2,1-3H3. The van der Waals surface area contributed by atoms with Gasteiger partial charge in [0.2, 0.25) is 0 Å². The van der Waals surface area contributed by atoms with Crippen molar-refractivity contribution >= 4 is 0 Å². The van der Waals surface area contributed by atoms with E-state index < -0.39 is 0 Å². The molecule has 0 bridgehead atoms. The van der Waals surface area contributed by atoms with Crippen molar-refractivity contribution in [3.05, 3.63) is 34.9 Å². The van der Waals surface area contributed by atoms with Crippen LogP contribution in [0.5, 0.6) is 0 Å². The molecule has 1 aliphatic rings. The van der Waals surface area contributed by atoms with E-state index in [2.05, 4.69) is 36.9 Å². The zero-order chi connectivity index (χ0) is 13.8. The van der Waals surface area contributed by atoms with Crippen molar-refractivity contribution in [3.63, 3.8) is 0 Å². The van der Waals surface area contributed by atoms with E-state index in [1.165, 1.54) is 16.7 Å². The lowest BCUT2D eigenvalue weighted by Crippen LogP contribution is -2.48. The van der Waals surface area contributed by atoms with Crippen molar-refractivity contribution in [2.24, 2.45) is 5.73 Å². The van der Waals surface area contributed by atoms with Gasteiger partial charge in [-0.1, -0.05) is 23.8 Å². The second-order valence-corrected chi connectivity index (χ2v) is 5.67. The van der Waals surface area contributed by atoms with E-state index in [1.807, 2.05) is 0 Å². The molecule has 0 amide bonds. The van der Waals surface area contributed by atoms with Crippen LogP contribution >= 0.6 is 0 Å². The summed E-state index contributed by atoms with van der Waals surface area (Å²) in [6, 6.07) is 7.13. The Balaban J connectivity index is 2.07. The van der Waals surface area contributed by atoms with E-state index in [0.717, 1.165) is 25.9 Å². The Morgan fingerprint density at radius 2 is 2.16 bits per heavy atom. The van der Waals surface area contributed by atoms with Gasteiger partial charge in [0.25, 0.3) is 0 Å². The van der Waals surface area contributed by atoms with Gasteiger partial charge >= 0.3 is 0 Å². The molecule has 106 valence electrons. The summed E-state index contributed by atoms with van der Waals surface area (Å²) in [5.41, 5.74) is 10.1. The number of ether oxygens (including phenoxy) is 1. The maximum atomic E-state index is 5.93. The SMILES string of the molecule is COC1CCN(Cc2cc(C)ccc2C)C(CN)C1. The molecule has 2 atom stereocenters. The molecule has 1 aliphatic heterocycles. The van der Waals surface area contributed by atoms with Gasteiger partial charge in [-0.15, -0.1) is 0 Å². The van der Waals surface area contributed by atoms with Gasteiger partial charge in [0, 0.05) is 32.8 Å². The van der Waals surface area contributed by atoms with Gasteiger partial charge in [0.05, 0.1) is 6.10 Å². The maximum absolute atomic E-state index is 5.93. The van der Waals surface area contributed by atoms with E-state index in [1.54, 1.807) is 7.11 Å². The normalized spacial score (nSPS) is 24.6. The molecule has 3 nitrogen and oxygen atoms in total. The van der Waals surface area contributed by atoms with Crippen molar-refractivity contribution in [1.29, 1.82) is 0 Å². The first-order valence-corrected chi connectivity index (χ1v) is 7.17. The van der Waals surface area contributed by atoms with Gasteiger partial charge in [-0.3, -0.25) is 4.90 Å². The molecule has 2 N–H and O–H groups in total. The van der Waals surface area contributed by atoms with Crippen molar-refractivity contribution in [3.8, 4) is 0 Å². The number of methoxy groups -OCH3 is 1. The summed E-state index contributed by atoms with van der Waals surface area (Å²) in [6.07, 6.45) is 2.54. The van der Waals surface area contributed by atoms with Crippen LogP contribution in [-0.4, -0.2) is 37.2 Å². The first-order chi connectivity index (χ1) is 9.13. The summed E-state index contributed by atoms with van der Waals surface area (Å²) < 4.78 is 5.48. The summed E-state index contributed by atoms with van der Waals surface area (Å²) >= 11 is 0. The highest BCUT2D eigenvalue weighted by Crippen LogP contribution is 2.22. The molecular formula is C16H26N2O. The number of piperidine rings is 1. The van der Waals surface area contributed by atoms with Crippen molar-refractivity contribution in [2.75, 3.05) is 20.2 Å². The first kappa shape index (κ1) is 14.5. The highest BCUT2D eigenvalue weighted by atomic mass is 16.5. The monoisotopic (exact) mass is 262 g/mol. The number of rotatable bonds is 4. The summed E-state index contributed by atoms with van der Waals surface area (Å²) in [5.74, 6) is 0. The van der Waals surface area contributed by atoms with Gasteiger partial charge in [-0.25, -0.2) is 0 Å². The molecule has 0 spiro atoms. The smallest absolute Gasteiger partial charge is 0.0599 e. The fourth-order valence-corrected chi connectivity index (χ4v) is 2.92. The molecule has 19 heavy (non-hydrogen) atoms. The van der Waals surface area contributed by atoms with Crippen molar-refractivity contribution < 1.29 is 4.74 Å². The van der Waals surface area contributed by atoms with Crippen LogP contribution in [0.1, 0.15) is 29.5 Å². The molecule has 0 radical (unpaired) electrons. The van der Waals surface area contributed by atoms with E-state index in [0.29, 0.717) is 18.7 Å². The lowest BCUT2D eigenvalue weighted by Gasteiger charge is -2.38. The molecular weight excluding hydrogens is 236 g/mol. The molecule has 1 saturated heterocycles. The molecule has 0 aliphatic carbocycles. The number of hydrogen-bond donors (Lipinski definition) is 1. The van der Waals surface area contributed by atoms with Gasteiger partial charge in [-0.2, -0.15) is 0 Å². The molecule has 1 aromatic rings. The molecule has 3 heteroatoms. The van der Waals surface area contributed by atoms with Crippen LogP contribution in [0, 0.1) is 13.8 Å². The quantitative estimate of drug-likeness (QED) is 0.904. The Bertz CT molecular complexity index is 419. The number of nitrogens with two attached hydrogens (primary N) is 1. The minimum Gasteiger partial charge on any atom is -0.381 e. The lowest BCUT2D eigenvalue weighted by molar-refractivity contribution is 0.0101. The zero-order valence-electron chi connectivity index (χ0n) is 12.4. The van der Waals surface area contributed by atoms with E-state index in [9.17, 15) is 0 Å². The lowest BCUT2D eigenvalue weighted by atomic mass is 9.97. The number of hydrogen-bond acceptors (Lipinski definition) is 3. The van der Waals surface area contributed by atoms with E-state index in [-0.39, 0.29) is 0 Å². The second kappa shape index (κ2) is 6.51. The van der Waals surface area contributed by atoms with E-state index in [4.69, 9.17) is 10.5 Å². The molecule has 1 fully saturated rings. The zero-order valence-corrected chi connectivity index (χ0v) is 12.4. The topological polar surface area (TPSA) is 38.5 Å². The third-order valence-electron chi connectivity index (χ3n) is 4.27. The van der Waals surface area contributed by atoms with Crippen LogP contribution in [-0.2, 0) is 11.3 Å². The molecule has 1 heterocycles. The summed E-state index contributed by atoms with van der Waals surface area (Å²) in [5, 5.41) is 0. The minimum absolute atomic E-state index is 0.378. The predicted octanol–water partition coefficient (Wildman–Crippen LogP) is 2.24. The van der Waals surface area contributed by atoms with Gasteiger partial charge in [-0.05, 0) is 37.8 Å². The predicted molar refractivity (Wildman–Crippen MR) is 79.2 cm³/mol. The van der Waals surface area contributed by atoms with Crippen molar-refractivity contribution in [2.45, 2.75) is 45.4 Å². The molecule has 0 aromatic heterocycles. The molecule has 1 aromatic carbocycles. The summed E-state index contributed by atoms with van der Waals surface area (Å²) in [7, 11) is 1.80. The largest absolute Gasteiger partial charge is 0.381 e. The van der Waals surface area contributed by atoms with Gasteiger partial charge in [0.1, 0.15) is 0 Å². The third-order valence-corrected chi connectivity index (χ3v) is 4.27. The Hall–Kier alpha value is -0.900. The molecule has 0 saturated carbocycles. The van der Waals surface area contributed by atoms with Crippen LogP contribution in [0.3, 0.4) is 0 Å². The highest BCUT2D eigenvalue weighted by molar-refractivity contribution is 5.30. The average Bonchev–Trinajstić information content (AvgIpc) is 2.43. The fourth-order valence-electron chi connectivity index (χ4n) is 2.92. The van der Waals surface area contributed by atoms with Gasteiger partial charge in [0.15, 0.2) is 0 Å². The Morgan fingerprint density at radius 3 is 2.84 bits per heavy atom. The second-order valence-electron chi connectivity index (χ2n) is 5.67. The highest BCUT2D eigenvalue weighted by Gasteiger charge is 2.27. The Labute approximate surface area is 116 Å². The van der Waals surface area contributed by atoms with Crippen LogP contribution in [0.4, 0.5) is 0 Å². The third kappa shape index (κ3) is 3.56. The van der Waals surface area contributed by atoms with Crippen molar-refractivity contribution in [1.82, 2.24) is 4.90 Å². The minimum atomic E-state index is 0.378. The maximum Gasteiger partial charge on any atom is 0.0599 e. The van der Waals surface area contributed by atoms with Gasteiger partial charge < -0.3 is 10.5 Å². The number of likely N-dealkylation sites (tertiary alicyclic amines) is 1. The summed E-state index contributed by atoms with van der Waals surface area (Å²) in [4.78, 5) is 2.51. The number of aryl methyl sites for hydroxylation is 2. The first-order valence-electron chi connectivity index (χ1n) is 7.17. The van der Waals surface area contributed by atoms with E-state index >= 15 is 0 Å². The molecule has 2 rings (SSSR count). The average molecular weight is 262 g/mol. The molecule has 2 unspecified atom stereocenters. The van der Waals surface area contributed by atoms with Crippen LogP contribution < -0.4 is 5.73 Å². The van der Waals surface area contributed by atoms with Crippen LogP contribution in [0.15, 0.2) is 18.2 Å². The van der Waals surface area contributed by atoms with Crippen LogP contribution in [0.25, 0.3) is 0 Å². The van der Waals surface area contributed by atoms with Crippen LogP contribution in [0.2, 0.25) is 0 Å². The summed E-state index contributed by atoms with van der Waals surface area (Å²) in [6.45, 7) is 7.14. The fraction of sp³-hybridized carbons (Fsp3) is 0.625.